The molecule has 0 aliphatic rings. The normalized spacial score (nSPS) is 10.8. The number of nitrogens with zero attached hydrogens (tertiary/aromatic N) is 1. The summed E-state index contributed by atoms with van der Waals surface area (Å²) in [6, 6.07) is 9.89. The molecule has 3 rings (SSSR count). The monoisotopic (exact) mass is 321 g/mol. The summed E-state index contributed by atoms with van der Waals surface area (Å²) in [5, 5.41) is 4.27. The number of nitrogens with one attached hydrogen (secondary N) is 1. The van der Waals surface area contributed by atoms with Gasteiger partial charge in [0.2, 0.25) is 0 Å². The first-order valence-electron chi connectivity index (χ1n) is 6.11. The smallest absolute Gasteiger partial charge is 0.126 e. The lowest BCUT2D eigenvalue weighted by atomic mass is 10.1. The molecule has 3 aromatic rings. The lowest BCUT2D eigenvalue weighted by Crippen LogP contribution is -2.00. The van der Waals surface area contributed by atoms with Crippen LogP contribution in [0.3, 0.4) is 0 Å². The molecule has 2 aromatic carbocycles. The van der Waals surface area contributed by atoms with Gasteiger partial charge < -0.3 is 11.1 Å². The van der Waals surface area contributed by atoms with Crippen LogP contribution in [-0.2, 0) is 0 Å². The van der Waals surface area contributed by atoms with Gasteiger partial charge in [-0.1, -0.05) is 41.4 Å². The number of aromatic nitrogens is 1. The van der Waals surface area contributed by atoms with Crippen molar-refractivity contribution in [2.75, 3.05) is 11.1 Å². The standard InChI is InChI=1S/C15H10Cl2FN3/c16-10-5-8(18)6-11(17)15(10)21-14-9-3-1-2-4-13(9)20-7-12(14)19/h1-7H,19H2,(H,20,21). The van der Waals surface area contributed by atoms with Gasteiger partial charge in [0, 0.05) is 5.39 Å². The minimum Gasteiger partial charge on any atom is -0.396 e. The number of para-hydroxylation sites is 1. The second-order valence-electron chi connectivity index (χ2n) is 4.48. The van der Waals surface area contributed by atoms with Crippen LogP contribution in [-0.4, -0.2) is 4.98 Å². The molecule has 0 unspecified atom stereocenters. The summed E-state index contributed by atoms with van der Waals surface area (Å²) in [5.74, 6) is -0.497. The molecule has 0 amide bonds. The van der Waals surface area contributed by atoms with Gasteiger partial charge in [-0.2, -0.15) is 0 Å². The first-order chi connectivity index (χ1) is 10.1. The van der Waals surface area contributed by atoms with Crippen molar-refractivity contribution in [1.29, 1.82) is 0 Å². The Hall–Kier alpha value is -2.04. The van der Waals surface area contributed by atoms with Gasteiger partial charge >= 0.3 is 0 Å². The van der Waals surface area contributed by atoms with Crippen molar-refractivity contribution in [2.24, 2.45) is 0 Å². The Morgan fingerprint density at radius 3 is 2.43 bits per heavy atom. The van der Waals surface area contributed by atoms with E-state index in [1.807, 2.05) is 24.3 Å². The van der Waals surface area contributed by atoms with Crippen molar-refractivity contribution >= 4 is 51.2 Å². The predicted molar refractivity (Wildman–Crippen MR) is 85.9 cm³/mol. The maximum absolute atomic E-state index is 13.2. The summed E-state index contributed by atoms with van der Waals surface area (Å²) in [6.45, 7) is 0. The third kappa shape index (κ3) is 2.60. The van der Waals surface area contributed by atoms with E-state index in [-0.39, 0.29) is 10.0 Å². The highest BCUT2D eigenvalue weighted by Crippen LogP contribution is 2.37. The van der Waals surface area contributed by atoms with Gasteiger partial charge in [-0.05, 0) is 18.2 Å². The van der Waals surface area contributed by atoms with Gasteiger partial charge in [0.15, 0.2) is 0 Å². The number of benzene rings is 2. The number of hydrogen-bond acceptors (Lipinski definition) is 3. The van der Waals surface area contributed by atoms with Gasteiger partial charge in [0.05, 0.1) is 38.8 Å². The third-order valence-electron chi connectivity index (χ3n) is 3.06. The van der Waals surface area contributed by atoms with Crippen LogP contribution in [0.4, 0.5) is 21.5 Å². The van der Waals surface area contributed by atoms with Crippen LogP contribution in [0.15, 0.2) is 42.6 Å². The second-order valence-corrected chi connectivity index (χ2v) is 5.29. The van der Waals surface area contributed by atoms with E-state index in [1.54, 1.807) is 6.20 Å². The molecule has 0 atom stereocenters. The van der Waals surface area contributed by atoms with Gasteiger partial charge in [-0.3, -0.25) is 4.98 Å². The van der Waals surface area contributed by atoms with Gasteiger partial charge in [0.25, 0.3) is 0 Å². The highest BCUT2D eigenvalue weighted by atomic mass is 35.5. The van der Waals surface area contributed by atoms with Crippen LogP contribution in [0, 0.1) is 5.82 Å². The fourth-order valence-electron chi connectivity index (χ4n) is 2.08. The van der Waals surface area contributed by atoms with Crippen LogP contribution < -0.4 is 11.1 Å². The van der Waals surface area contributed by atoms with E-state index in [0.29, 0.717) is 17.1 Å². The van der Waals surface area contributed by atoms with Crippen molar-refractivity contribution in [1.82, 2.24) is 4.98 Å². The molecule has 0 spiro atoms. The summed E-state index contributed by atoms with van der Waals surface area (Å²) in [5.41, 5.74) is 8.25. The molecule has 0 radical (unpaired) electrons. The number of pyridine rings is 1. The molecule has 0 saturated carbocycles. The van der Waals surface area contributed by atoms with Crippen LogP contribution in [0.1, 0.15) is 0 Å². The van der Waals surface area contributed by atoms with Crippen molar-refractivity contribution in [2.45, 2.75) is 0 Å². The molecule has 1 aromatic heterocycles. The zero-order valence-electron chi connectivity index (χ0n) is 10.7. The second kappa shape index (κ2) is 5.39. The maximum Gasteiger partial charge on any atom is 0.126 e. The number of fused-ring (bicyclic) bond motifs is 1. The molecule has 3 nitrogen and oxygen atoms in total. The van der Waals surface area contributed by atoms with Crippen LogP contribution in [0.2, 0.25) is 10.0 Å². The molecule has 0 bridgehead atoms. The molecular formula is C15H10Cl2FN3. The van der Waals surface area contributed by atoms with Crippen LogP contribution >= 0.6 is 23.2 Å². The minimum absolute atomic E-state index is 0.181. The Kier molecular flexibility index (Phi) is 3.57. The summed E-state index contributed by atoms with van der Waals surface area (Å²) in [7, 11) is 0. The quantitative estimate of drug-likeness (QED) is 0.697. The van der Waals surface area contributed by atoms with Crippen LogP contribution in [0.25, 0.3) is 10.9 Å². The molecule has 1 heterocycles. The Balaban J connectivity index is 2.17. The highest BCUT2D eigenvalue weighted by molar-refractivity contribution is 6.39. The van der Waals surface area contributed by atoms with E-state index in [9.17, 15) is 4.39 Å². The number of rotatable bonds is 2. The number of nitrogen functional groups attached to an aromatic ring is 1. The van der Waals surface area contributed by atoms with Crippen LogP contribution in [0.5, 0.6) is 0 Å². The fourth-order valence-corrected chi connectivity index (χ4v) is 2.64. The zero-order valence-corrected chi connectivity index (χ0v) is 12.2. The molecule has 0 fully saturated rings. The van der Waals surface area contributed by atoms with Crippen molar-refractivity contribution < 1.29 is 4.39 Å². The SMILES string of the molecule is Nc1cnc2ccccc2c1Nc1c(Cl)cc(F)cc1Cl. The van der Waals surface area contributed by atoms with Crippen molar-refractivity contribution in [3.8, 4) is 0 Å². The minimum atomic E-state index is -0.497. The van der Waals surface area contributed by atoms with E-state index in [1.165, 1.54) is 12.1 Å². The average molecular weight is 322 g/mol. The Morgan fingerprint density at radius 1 is 1.05 bits per heavy atom. The number of halogens is 3. The molecule has 106 valence electrons. The summed E-state index contributed by atoms with van der Waals surface area (Å²) in [4.78, 5) is 4.25. The van der Waals surface area contributed by atoms with E-state index in [0.717, 1.165) is 10.9 Å². The van der Waals surface area contributed by atoms with E-state index >= 15 is 0 Å². The van der Waals surface area contributed by atoms with E-state index in [2.05, 4.69) is 10.3 Å². The number of nitrogens with two attached hydrogens (primary N) is 1. The Labute approximate surface area is 130 Å². The largest absolute Gasteiger partial charge is 0.396 e. The molecule has 0 aliphatic heterocycles. The molecule has 0 aliphatic carbocycles. The lowest BCUT2D eigenvalue weighted by Gasteiger charge is -2.14. The first kappa shape index (κ1) is 13.9. The molecule has 0 saturated heterocycles. The third-order valence-corrected chi connectivity index (χ3v) is 3.66. The zero-order chi connectivity index (χ0) is 15.0. The Morgan fingerprint density at radius 2 is 1.71 bits per heavy atom. The predicted octanol–water partition coefficient (Wildman–Crippen LogP) is 5.01. The highest BCUT2D eigenvalue weighted by Gasteiger charge is 2.12. The molecular weight excluding hydrogens is 312 g/mol. The topological polar surface area (TPSA) is 50.9 Å². The maximum atomic E-state index is 13.2. The van der Waals surface area contributed by atoms with Gasteiger partial charge in [0.1, 0.15) is 5.82 Å². The van der Waals surface area contributed by atoms with Gasteiger partial charge in [-0.15, -0.1) is 0 Å². The number of anilines is 3. The molecule has 3 N–H and O–H groups in total. The number of hydrogen-bond donors (Lipinski definition) is 2. The summed E-state index contributed by atoms with van der Waals surface area (Å²) >= 11 is 12.1. The first-order valence-corrected chi connectivity index (χ1v) is 6.86. The van der Waals surface area contributed by atoms with Gasteiger partial charge in [-0.25, -0.2) is 4.39 Å². The van der Waals surface area contributed by atoms with E-state index in [4.69, 9.17) is 28.9 Å². The average Bonchev–Trinajstić information content (AvgIpc) is 2.44. The van der Waals surface area contributed by atoms with E-state index < -0.39 is 5.82 Å². The Bertz CT molecular complexity index is 813. The molecule has 6 heteroatoms. The van der Waals surface area contributed by atoms with Crippen molar-refractivity contribution in [3.05, 3.63) is 58.5 Å². The fraction of sp³-hybridized carbons (Fsp3) is 0. The lowest BCUT2D eigenvalue weighted by molar-refractivity contribution is 0.628. The van der Waals surface area contributed by atoms with Crippen molar-refractivity contribution in [3.63, 3.8) is 0 Å². The summed E-state index contributed by atoms with van der Waals surface area (Å²) < 4.78 is 13.2. The summed E-state index contributed by atoms with van der Waals surface area (Å²) in [6.07, 6.45) is 1.55. The molecule has 21 heavy (non-hydrogen) atoms.